The number of aryl methyl sites for hydroxylation is 1. The second kappa shape index (κ2) is 7.66. The van der Waals surface area contributed by atoms with Crippen molar-refractivity contribution in [2.75, 3.05) is 11.1 Å². The Hall–Kier alpha value is -2.44. The number of carbonyl (C=O) groups excluding carboxylic acids is 1. The van der Waals surface area contributed by atoms with E-state index in [2.05, 4.69) is 59.5 Å². The van der Waals surface area contributed by atoms with E-state index < -0.39 is 0 Å². The number of nitrogens with zero attached hydrogens (tertiary/aromatic N) is 2. The minimum absolute atomic E-state index is 0.115. The molecule has 1 aromatic carbocycles. The summed E-state index contributed by atoms with van der Waals surface area (Å²) in [7, 11) is 0. The Bertz CT molecular complexity index is 1030. The lowest BCUT2D eigenvalue weighted by molar-refractivity contribution is -0.110. The highest BCUT2D eigenvalue weighted by atomic mass is 32.2. The molecule has 0 bridgehead atoms. The summed E-state index contributed by atoms with van der Waals surface area (Å²) in [6.07, 6.45) is 4.61. The van der Waals surface area contributed by atoms with Crippen LogP contribution >= 0.6 is 23.1 Å². The van der Waals surface area contributed by atoms with Crippen LogP contribution in [0.15, 0.2) is 47.8 Å². The molecule has 4 rings (SSSR count). The fraction of sp³-hybridized carbons (Fsp3) is 0.190. The van der Waals surface area contributed by atoms with Gasteiger partial charge in [0.1, 0.15) is 5.82 Å². The molecule has 4 nitrogen and oxygen atoms in total. The third kappa shape index (κ3) is 3.82. The maximum atomic E-state index is 12.5. The third-order valence-electron chi connectivity index (χ3n) is 4.31. The summed E-state index contributed by atoms with van der Waals surface area (Å²) in [6, 6.07) is 12.6. The Morgan fingerprint density at radius 2 is 2.07 bits per heavy atom. The second-order valence-corrected chi connectivity index (χ2v) is 8.68. The zero-order chi connectivity index (χ0) is 18.8. The number of fused-ring (bicyclic) bond motifs is 1. The molecule has 1 aliphatic heterocycles. The number of thiophene rings is 1. The van der Waals surface area contributed by atoms with E-state index in [0.29, 0.717) is 16.5 Å². The van der Waals surface area contributed by atoms with E-state index in [1.54, 1.807) is 29.3 Å². The lowest BCUT2D eigenvalue weighted by atomic mass is 10.1. The molecule has 0 saturated carbocycles. The Kier molecular flexibility index (Phi) is 5.09. The van der Waals surface area contributed by atoms with Gasteiger partial charge in [0.25, 0.3) is 5.91 Å². The zero-order valence-corrected chi connectivity index (χ0v) is 16.8. The first-order valence-corrected chi connectivity index (χ1v) is 10.6. The van der Waals surface area contributed by atoms with Crippen LogP contribution in [-0.4, -0.2) is 21.6 Å². The lowest BCUT2D eigenvalue weighted by Crippen LogP contribution is -2.04. The van der Waals surface area contributed by atoms with E-state index >= 15 is 0 Å². The van der Waals surface area contributed by atoms with Crippen LogP contribution in [0.4, 0.5) is 5.82 Å². The summed E-state index contributed by atoms with van der Waals surface area (Å²) in [5, 5.41) is 3.56. The summed E-state index contributed by atoms with van der Waals surface area (Å²) >= 11 is 3.29. The van der Waals surface area contributed by atoms with Gasteiger partial charge >= 0.3 is 0 Å². The van der Waals surface area contributed by atoms with Crippen LogP contribution in [0.5, 0.6) is 0 Å². The first-order chi connectivity index (χ1) is 13.1. The molecule has 1 amide bonds. The molecule has 27 heavy (non-hydrogen) atoms. The number of rotatable bonds is 5. The molecule has 3 heterocycles. The van der Waals surface area contributed by atoms with Crippen molar-refractivity contribution in [1.82, 2.24) is 9.97 Å². The molecule has 0 atom stereocenters. The van der Waals surface area contributed by atoms with Gasteiger partial charge in [-0.05, 0) is 35.9 Å². The molecule has 136 valence electrons. The number of benzene rings is 1. The van der Waals surface area contributed by atoms with E-state index in [0.717, 1.165) is 22.6 Å². The highest BCUT2D eigenvalue weighted by Crippen LogP contribution is 2.35. The predicted molar refractivity (Wildman–Crippen MR) is 113 cm³/mol. The van der Waals surface area contributed by atoms with Crippen molar-refractivity contribution in [2.24, 2.45) is 0 Å². The van der Waals surface area contributed by atoms with Gasteiger partial charge in [-0.15, -0.1) is 11.3 Å². The van der Waals surface area contributed by atoms with Crippen molar-refractivity contribution in [3.63, 3.8) is 0 Å². The van der Waals surface area contributed by atoms with Crippen molar-refractivity contribution in [2.45, 2.75) is 25.4 Å². The maximum Gasteiger partial charge on any atom is 0.257 e. The molecule has 1 aliphatic rings. The molecule has 0 fully saturated rings. The van der Waals surface area contributed by atoms with Gasteiger partial charge in [0.15, 0.2) is 5.16 Å². The molecule has 0 aliphatic carbocycles. The van der Waals surface area contributed by atoms with Crippen LogP contribution in [0, 0.1) is 6.92 Å². The Balaban J connectivity index is 1.64. The highest BCUT2D eigenvalue weighted by molar-refractivity contribution is 7.99. The molecule has 3 aromatic rings. The molecule has 0 radical (unpaired) electrons. The molecule has 1 N–H and O–H groups in total. The topological polar surface area (TPSA) is 54.9 Å². The number of hydrogen-bond donors (Lipinski definition) is 1. The first kappa shape index (κ1) is 17.9. The Morgan fingerprint density at radius 1 is 1.26 bits per heavy atom. The summed E-state index contributed by atoms with van der Waals surface area (Å²) in [5.74, 6) is 1.39. The fourth-order valence-corrected chi connectivity index (χ4v) is 4.71. The average molecular weight is 394 g/mol. The second-order valence-electron chi connectivity index (χ2n) is 6.28. The highest BCUT2D eigenvalue weighted by Gasteiger charge is 2.26. The smallest absolute Gasteiger partial charge is 0.257 e. The monoisotopic (exact) mass is 393 g/mol. The quantitative estimate of drug-likeness (QED) is 0.375. The van der Waals surface area contributed by atoms with Gasteiger partial charge in [-0.1, -0.05) is 49.0 Å². The van der Waals surface area contributed by atoms with Gasteiger partial charge in [0, 0.05) is 27.9 Å². The van der Waals surface area contributed by atoms with Gasteiger partial charge in [-0.2, -0.15) is 0 Å². The van der Waals surface area contributed by atoms with Gasteiger partial charge in [0.05, 0.1) is 5.57 Å². The fourth-order valence-electron chi connectivity index (χ4n) is 3.02. The van der Waals surface area contributed by atoms with Gasteiger partial charge < -0.3 is 5.32 Å². The maximum absolute atomic E-state index is 12.5. The third-order valence-corrected chi connectivity index (χ3v) is 6.24. The molecule has 0 saturated heterocycles. The number of anilines is 1. The summed E-state index contributed by atoms with van der Waals surface area (Å²) in [6.45, 7) is 4.14. The molecule has 6 heteroatoms. The molecular formula is C21H19N3OS2. The van der Waals surface area contributed by atoms with Crippen molar-refractivity contribution in [3.8, 4) is 0 Å². The minimum atomic E-state index is -0.115. The SMILES string of the molecule is CCSc1ncc2c(n1)NC(=O)C2=Cc1sc(Cc2ccccc2)cc1C. The largest absolute Gasteiger partial charge is 0.306 e. The molecular weight excluding hydrogens is 374 g/mol. The standard InChI is InChI=1S/C21H19N3OS2/c1-3-26-21-22-12-17-16(20(25)23-19(17)24-21)11-18-13(2)9-15(27-18)10-14-7-5-4-6-8-14/h4-9,11-12H,3,10H2,1-2H3,(H,22,23,24,25). The van der Waals surface area contributed by atoms with Crippen molar-refractivity contribution < 1.29 is 4.79 Å². The van der Waals surface area contributed by atoms with Gasteiger partial charge in [0.2, 0.25) is 0 Å². The van der Waals surface area contributed by atoms with Crippen molar-refractivity contribution in [3.05, 3.63) is 69.0 Å². The van der Waals surface area contributed by atoms with Crippen LogP contribution < -0.4 is 5.32 Å². The van der Waals surface area contributed by atoms with Crippen LogP contribution in [0.3, 0.4) is 0 Å². The molecule has 0 spiro atoms. The lowest BCUT2D eigenvalue weighted by Gasteiger charge is -2.00. The van der Waals surface area contributed by atoms with E-state index in [1.165, 1.54) is 16.0 Å². The van der Waals surface area contributed by atoms with Crippen molar-refractivity contribution >= 4 is 46.5 Å². The Morgan fingerprint density at radius 3 is 2.85 bits per heavy atom. The average Bonchev–Trinajstić information content (AvgIpc) is 3.15. The zero-order valence-electron chi connectivity index (χ0n) is 15.2. The number of thioether (sulfide) groups is 1. The van der Waals surface area contributed by atoms with E-state index in [4.69, 9.17) is 0 Å². The number of carbonyl (C=O) groups is 1. The van der Waals surface area contributed by atoms with E-state index in [9.17, 15) is 4.79 Å². The number of amides is 1. The van der Waals surface area contributed by atoms with E-state index in [-0.39, 0.29) is 5.91 Å². The van der Waals surface area contributed by atoms with Crippen LogP contribution in [-0.2, 0) is 11.2 Å². The number of aromatic nitrogens is 2. The van der Waals surface area contributed by atoms with Crippen LogP contribution in [0.2, 0.25) is 0 Å². The van der Waals surface area contributed by atoms with Crippen LogP contribution in [0.1, 0.15) is 33.4 Å². The Labute approximate surface area is 166 Å². The number of hydrogen-bond acceptors (Lipinski definition) is 5. The summed E-state index contributed by atoms with van der Waals surface area (Å²) < 4.78 is 0. The minimum Gasteiger partial charge on any atom is -0.306 e. The summed E-state index contributed by atoms with van der Waals surface area (Å²) in [5.41, 5.74) is 3.88. The normalized spacial score (nSPS) is 14.4. The van der Waals surface area contributed by atoms with Gasteiger partial charge in [-0.3, -0.25) is 4.79 Å². The molecule has 2 aromatic heterocycles. The predicted octanol–water partition coefficient (Wildman–Crippen LogP) is 5.04. The summed E-state index contributed by atoms with van der Waals surface area (Å²) in [4.78, 5) is 23.7. The van der Waals surface area contributed by atoms with Crippen LogP contribution in [0.25, 0.3) is 11.6 Å². The van der Waals surface area contributed by atoms with E-state index in [1.807, 2.05) is 12.1 Å². The first-order valence-electron chi connectivity index (χ1n) is 8.80. The van der Waals surface area contributed by atoms with Crippen molar-refractivity contribution in [1.29, 1.82) is 0 Å². The van der Waals surface area contributed by atoms with Gasteiger partial charge in [-0.25, -0.2) is 9.97 Å². The molecule has 0 unspecified atom stereocenters. The number of nitrogens with one attached hydrogen (secondary N) is 1.